The lowest BCUT2D eigenvalue weighted by Gasteiger charge is -2.29. The Morgan fingerprint density at radius 1 is 1.07 bits per heavy atom. The van der Waals surface area contributed by atoms with Gasteiger partial charge in [-0.25, -0.2) is 0 Å². The second-order valence-electron chi connectivity index (χ2n) is 6.70. The minimum absolute atomic E-state index is 0.0325. The first-order valence-corrected chi connectivity index (χ1v) is 9.75. The van der Waals surface area contributed by atoms with Gasteiger partial charge in [0.1, 0.15) is 11.8 Å². The molecule has 0 spiro atoms. The molecule has 2 amide bonds. The van der Waals surface area contributed by atoms with Crippen molar-refractivity contribution in [1.82, 2.24) is 10.2 Å². The van der Waals surface area contributed by atoms with E-state index in [0.29, 0.717) is 15.8 Å². The molecule has 0 saturated heterocycles. The number of halogens is 2. The number of benzene rings is 2. The average molecular weight is 423 g/mol. The highest BCUT2D eigenvalue weighted by molar-refractivity contribution is 6.31. The van der Waals surface area contributed by atoms with Gasteiger partial charge in [-0.05, 0) is 50.6 Å². The van der Waals surface area contributed by atoms with E-state index >= 15 is 0 Å². The fourth-order valence-electron chi connectivity index (χ4n) is 2.58. The van der Waals surface area contributed by atoms with Crippen LogP contribution in [0.5, 0.6) is 5.75 Å². The van der Waals surface area contributed by atoms with Crippen LogP contribution < -0.4 is 10.1 Å². The van der Waals surface area contributed by atoms with Crippen molar-refractivity contribution in [3.63, 3.8) is 0 Å². The van der Waals surface area contributed by atoms with E-state index in [9.17, 15) is 9.59 Å². The van der Waals surface area contributed by atoms with Gasteiger partial charge < -0.3 is 15.0 Å². The highest BCUT2D eigenvalue weighted by Gasteiger charge is 2.27. The quantitative estimate of drug-likeness (QED) is 0.688. The maximum Gasteiger partial charge on any atom is 0.261 e. The molecule has 28 heavy (non-hydrogen) atoms. The molecule has 0 aliphatic rings. The summed E-state index contributed by atoms with van der Waals surface area (Å²) in [5, 5.41) is 3.89. The normalized spacial score (nSPS) is 11.8. The number of nitrogens with zero attached hydrogens (tertiary/aromatic N) is 1. The Kier molecular flexibility index (Phi) is 8.15. The van der Waals surface area contributed by atoms with E-state index in [4.69, 9.17) is 27.9 Å². The van der Waals surface area contributed by atoms with Gasteiger partial charge in [0.2, 0.25) is 5.91 Å². The van der Waals surface area contributed by atoms with Crippen molar-refractivity contribution in [2.45, 2.75) is 39.4 Å². The van der Waals surface area contributed by atoms with Crippen LogP contribution in [0.2, 0.25) is 10.0 Å². The minimum Gasteiger partial charge on any atom is -0.484 e. The van der Waals surface area contributed by atoms with E-state index in [1.165, 1.54) is 4.90 Å². The average Bonchev–Trinajstić information content (AvgIpc) is 2.64. The summed E-state index contributed by atoms with van der Waals surface area (Å²) >= 11 is 12.2. The fraction of sp³-hybridized carbons (Fsp3) is 0.333. The fourth-order valence-corrected chi connectivity index (χ4v) is 2.96. The minimum atomic E-state index is -0.686. The summed E-state index contributed by atoms with van der Waals surface area (Å²) in [6.07, 6.45) is 0. The summed E-state index contributed by atoms with van der Waals surface area (Å²) in [5.74, 6) is -0.0812. The molecule has 2 aromatic rings. The van der Waals surface area contributed by atoms with E-state index in [2.05, 4.69) is 5.32 Å². The summed E-state index contributed by atoms with van der Waals surface area (Å²) in [4.78, 5) is 26.9. The lowest BCUT2D eigenvalue weighted by Crippen LogP contribution is -2.50. The van der Waals surface area contributed by atoms with Gasteiger partial charge in [-0.15, -0.1) is 0 Å². The summed E-state index contributed by atoms with van der Waals surface area (Å²) in [6.45, 7) is 5.40. The summed E-state index contributed by atoms with van der Waals surface area (Å²) in [5.41, 5.74) is 0.754. The molecule has 0 aliphatic heterocycles. The first-order valence-electron chi connectivity index (χ1n) is 8.99. The third-order valence-corrected chi connectivity index (χ3v) is 4.66. The number of rotatable bonds is 8. The summed E-state index contributed by atoms with van der Waals surface area (Å²) in [7, 11) is 0. The molecule has 0 aliphatic carbocycles. The Morgan fingerprint density at radius 2 is 1.79 bits per heavy atom. The van der Waals surface area contributed by atoms with E-state index in [-0.39, 0.29) is 31.0 Å². The van der Waals surface area contributed by atoms with Crippen LogP contribution in [-0.4, -0.2) is 35.4 Å². The van der Waals surface area contributed by atoms with E-state index in [1.807, 2.05) is 32.0 Å². The monoisotopic (exact) mass is 422 g/mol. The maximum atomic E-state index is 12.9. The molecule has 1 atom stereocenters. The van der Waals surface area contributed by atoms with Gasteiger partial charge >= 0.3 is 0 Å². The maximum absolute atomic E-state index is 12.9. The first kappa shape index (κ1) is 22.1. The Bertz CT molecular complexity index is 827. The molecule has 2 rings (SSSR count). The predicted octanol–water partition coefficient (Wildman–Crippen LogP) is 4.31. The summed E-state index contributed by atoms with van der Waals surface area (Å²) < 4.78 is 5.57. The van der Waals surface area contributed by atoms with Crippen LogP contribution in [0.3, 0.4) is 0 Å². The van der Waals surface area contributed by atoms with Crippen molar-refractivity contribution < 1.29 is 14.3 Å². The molecule has 0 bridgehead atoms. The van der Waals surface area contributed by atoms with Gasteiger partial charge in [-0.1, -0.05) is 47.5 Å². The molecule has 0 radical (unpaired) electrons. The number of carbonyl (C=O) groups excluding carboxylic acids is 2. The summed E-state index contributed by atoms with van der Waals surface area (Å²) in [6, 6.07) is 13.3. The zero-order valence-electron chi connectivity index (χ0n) is 16.1. The van der Waals surface area contributed by atoms with Crippen molar-refractivity contribution in [3.05, 3.63) is 64.1 Å². The van der Waals surface area contributed by atoms with Gasteiger partial charge in [0.25, 0.3) is 5.91 Å². The van der Waals surface area contributed by atoms with Gasteiger partial charge in [-0.2, -0.15) is 0 Å². The molecule has 2 aromatic carbocycles. The molecule has 1 N–H and O–H groups in total. The van der Waals surface area contributed by atoms with Crippen molar-refractivity contribution in [2.75, 3.05) is 6.61 Å². The molecular weight excluding hydrogens is 399 g/mol. The van der Waals surface area contributed by atoms with Crippen molar-refractivity contribution in [3.8, 4) is 5.75 Å². The second-order valence-corrected chi connectivity index (χ2v) is 7.54. The van der Waals surface area contributed by atoms with Crippen molar-refractivity contribution in [2.24, 2.45) is 0 Å². The van der Waals surface area contributed by atoms with E-state index in [0.717, 1.165) is 5.56 Å². The number of hydrogen-bond donors (Lipinski definition) is 1. The number of carbonyl (C=O) groups is 2. The van der Waals surface area contributed by atoms with Crippen LogP contribution in [0, 0.1) is 0 Å². The van der Waals surface area contributed by atoms with E-state index < -0.39 is 6.04 Å². The lowest BCUT2D eigenvalue weighted by molar-refractivity contribution is -0.142. The number of hydrogen-bond acceptors (Lipinski definition) is 3. The highest BCUT2D eigenvalue weighted by atomic mass is 35.5. The Labute approximate surface area is 175 Å². The molecule has 0 fully saturated rings. The smallest absolute Gasteiger partial charge is 0.261 e. The molecule has 0 heterocycles. The molecule has 0 aromatic heterocycles. The molecule has 150 valence electrons. The Morgan fingerprint density at radius 3 is 2.43 bits per heavy atom. The zero-order valence-corrected chi connectivity index (χ0v) is 17.6. The van der Waals surface area contributed by atoms with Gasteiger partial charge in [-0.3, -0.25) is 9.59 Å². The second kappa shape index (κ2) is 10.3. The van der Waals surface area contributed by atoms with Crippen molar-refractivity contribution >= 4 is 35.0 Å². The van der Waals surface area contributed by atoms with Crippen molar-refractivity contribution in [1.29, 1.82) is 0 Å². The van der Waals surface area contributed by atoms with Crippen LogP contribution in [0.15, 0.2) is 48.5 Å². The lowest BCUT2D eigenvalue weighted by atomic mass is 10.1. The first-order chi connectivity index (χ1) is 13.3. The Balaban J connectivity index is 2.17. The van der Waals surface area contributed by atoms with Crippen LogP contribution in [0.4, 0.5) is 0 Å². The third-order valence-electron chi connectivity index (χ3n) is 4.06. The molecule has 0 saturated carbocycles. The molecule has 5 nitrogen and oxygen atoms in total. The van der Waals surface area contributed by atoms with Gasteiger partial charge in [0.05, 0.1) is 0 Å². The Hall–Kier alpha value is -2.24. The van der Waals surface area contributed by atoms with Crippen LogP contribution in [0.1, 0.15) is 26.3 Å². The number of ether oxygens (including phenoxy) is 1. The van der Waals surface area contributed by atoms with Crippen LogP contribution >= 0.6 is 23.2 Å². The van der Waals surface area contributed by atoms with Gasteiger partial charge in [0.15, 0.2) is 6.61 Å². The number of nitrogens with one attached hydrogen (secondary N) is 1. The molecule has 1 unspecified atom stereocenters. The third kappa shape index (κ3) is 6.43. The van der Waals surface area contributed by atoms with Crippen LogP contribution in [-0.2, 0) is 16.1 Å². The molecular formula is C21H24Cl2N2O3. The number of amides is 2. The van der Waals surface area contributed by atoms with Crippen LogP contribution in [0.25, 0.3) is 0 Å². The zero-order chi connectivity index (χ0) is 20.7. The predicted molar refractivity (Wildman–Crippen MR) is 112 cm³/mol. The standard InChI is InChI=1S/C21H24Cl2N2O3/c1-14(2)24-21(27)15(3)25(12-16-7-4-5-10-19(16)23)20(26)13-28-18-9-6-8-17(22)11-18/h4-11,14-15H,12-13H2,1-3H3,(H,24,27). The van der Waals surface area contributed by atoms with E-state index in [1.54, 1.807) is 37.3 Å². The highest BCUT2D eigenvalue weighted by Crippen LogP contribution is 2.20. The molecule has 7 heteroatoms. The SMILES string of the molecule is CC(C)NC(=O)C(C)N(Cc1ccccc1Cl)C(=O)COc1cccc(Cl)c1. The topological polar surface area (TPSA) is 58.6 Å². The van der Waals surface area contributed by atoms with Gasteiger partial charge in [0, 0.05) is 22.6 Å². The largest absolute Gasteiger partial charge is 0.484 e.